The van der Waals surface area contributed by atoms with E-state index in [-0.39, 0.29) is 6.23 Å². The molecule has 2 aromatic heterocycles. The number of rotatable bonds is 6. The molecule has 1 fully saturated rings. The van der Waals surface area contributed by atoms with Gasteiger partial charge in [0.15, 0.2) is 6.23 Å². The first-order valence-corrected chi connectivity index (χ1v) is 11.6. The van der Waals surface area contributed by atoms with Crippen molar-refractivity contribution in [1.29, 1.82) is 0 Å². The normalized spacial score (nSPS) is 20.5. The fraction of sp³-hybridized carbons (Fsp3) is 0.385. The van der Waals surface area contributed by atoms with Gasteiger partial charge < -0.3 is 25.7 Å². The summed E-state index contributed by atoms with van der Waals surface area (Å²) in [5.74, 6) is 0.326. The molecule has 3 aromatic rings. The third-order valence-corrected chi connectivity index (χ3v) is 6.68. The molecule has 4 heterocycles. The monoisotopic (exact) mass is 445 g/mol. The molecule has 2 atom stereocenters. The predicted molar refractivity (Wildman–Crippen MR) is 129 cm³/mol. The standard InChI is InChI=1S/C26H31N5O2/c1-15(2)23-20-11-19(4-5-21(20)30-24(23)18-7-9-29-16(3)10-18)26-31(13-17-6-8-28-12-17)22(14-33-26)25(27)32/h4-5,7,9-11,14-15,17,26,28,30H,6,8,12-13H2,1-3H3,(H2,27,32). The van der Waals surface area contributed by atoms with Crippen LogP contribution in [0.2, 0.25) is 0 Å². The molecule has 7 nitrogen and oxygen atoms in total. The Bertz CT molecular complexity index is 1220. The van der Waals surface area contributed by atoms with Gasteiger partial charge in [0.2, 0.25) is 0 Å². The number of carbonyl (C=O) groups is 1. The molecule has 1 amide bonds. The third kappa shape index (κ3) is 3.97. The number of amides is 1. The van der Waals surface area contributed by atoms with Crippen molar-refractivity contribution in [3.8, 4) is 11.3 Å². The summed E-state index contributed by atoms with van der Waals surface area (Å²) in [4.78, 5) is 22.1. The minimum atomic E-state index is -0.454. The van der Waals surface area contributed by atoms with Gasteiger partial charge in [-0.2, -0.15) is 0 Å². The molecular weight excluding hydrogens is 414 g/mol. The molecule has 0 radical (unpaired) electrons. The number of primary amides is 1. The summed E-state index contributed by atoms with van der Waals surface area (Å²) < 4.78 is 6.02. The van der Waals surface area contributed by atoms with Crippen LogP contribution < -0.4 is 11.1 Å². The van der Waals surface area contributed by atoms with Crippen LogP contribution in [0.3, 0.4) is 0 Å². The molecule has 1 aromatic carbocycles. The summed E-state index contributed by atoms with van der Waals surface area (Å²) in [5, 5.41) is 4.57. The van der Waals surface area contributed by atoms with E-state index in [1.165, 1.54) is 17.2 Å². The molecule has 0 aliphatic carbocycles. The van der Waals surface area contributed by atoms with Crippen LogP contribution in [0.4, 0.5) is 0 Å². The lowest BCUT2D eigenvalue weighted by atomic mass is 9.95. The molecule has 2 unspecified atom stereocenters. The van der Waals surface area contributed by atoms with Gasteiger partial charge in [-0.25, -0.2) is 0 Å². The number of aromatic nitrogens is 2. The van der Waals surface area contributed by atoms with Gasteiger partial charge in [0, 0.05) is 40.5 Å². The van der Waals surface area contributed by atoms with Crippen LogP contribution in [0.15, 0.2) is 48.5 Å². The second kappa shape index (κ2) is 8.56. The van der Waals surface area contributed by atoms with Crippen molar-refractivity contribution in [3.05, 3.63) is 65.3 Å². The number of pyridine rings is 1. The summed E-state index contributed by atoms with van der Waals surface area (Å²) in [7, 11) is 0. The van der Waals surface area contributed by atoms with Gasteiger partial charge in [0.1, 0.15) is 12.0 Å². The molecule has 2 aliphatic heterocycles. The number of hydrogen-bond acceptors (Lipinski definition) is 5. The Labute approximate surface area is 194 Å². The van der Waals surface area contributed by atoms with Gasteiger partial charge in [-0.15, -0.1) is 0 Å². The minimum Gasteiger partial charge on any atom is -0.471 e. The summed E-state index contributed by atoms with van der Waals surface area (Å²) in [6.45, 7) is 9.11. The van der Waals surface area contributed by atoms with Crippen LogP contribution in [0.5, 0.6) is 0 Å². The topological polar surface area (TPSA) is 96.3 Å². The summed E-state index contributed by atoms with van der Waals surface area (Å²) in [6, 6.07) is 10.5. The number of carbonyl (C=O) groups excluding carboxylic acids is 1. The number of nitrogens with two attached hydrogens (primary N) is 1. The minimum absolute atomic E-state index is 0.321. The highest BCUT2D eigenvalue weighted by Crippen LogP contribution is 2.39. The van der Waals surface area contributed by atoms with E-state index in [0.29, 0.717) is 17.5 Å². The Morgan fingerprint density at radius 1 is 1.30 bits per heavy atom. The van der Waals surface area contributed by atoms with Crippen LogP contribution in [-0.2, 0) is 9.53 Å². The Balaban J connectivity index is 1.56. The first-order valence-electron chi connectivity index (χ1n) is 11.6. The number of H-pyrrole nitrogens is 1. The summed E-state index contributed by atoms with van der Waals surface area (Å²) in [5.41, 5.74) is 12.7. The molecule has 172 valence electrons. The molecular formula is C26H31N5O2. The summed E-state index contributed by atoms with van der Waals surface area (Å²) >= 11 is 0. The van der Waals surface area contributed by atoms with Crippen molar-refractivity contribution in [2.75, 3.05) is 19.6 Å². The highest BCUT2D eigenvalue weighted by molar-refractivity contribution is 5.93. The van der Waals surface area contributed by atoms with E-state index < -0.39 is 5.91 Å². The molecule has 1 saturated heterocycles. The predicted octanol–water partition coefficient (Wildman–Crippen LogP) is 3.93. The maximum absolute atomic E-state index is 12.1. The van der Waals surface area contributed by atoms with Crippen molar-refractivity contribution in [2.45, 2.75) is 39.3 Å². The van der Waals surface area contributed by atoms with E-state index in [4.69, 9.17) is 10.5 Å². The van der Waals surface area contributed by atoms with Gasteiger partial charge in [-0.3, -0.25) is 9.78 Å². The van der Waals surface area contributed by atoms with Crippen LogP contribution in [0.25, 0.3) is 22.2 Å². The number of hydrogen-bond donors (Lipinski definition) is 3. The fourth-order valence-corrected chi connectivity index (χ4v) is 5.11. The van der Waals surface area contributed by atoms with Crippen LogP contribution in [-0.4, -0.2) is 40.4 Å². The van der Waals surface area contributed by atoms with E-state index in [1.807, 2.05) is 24.1 Å². The van der Waals surface area contributed by atoms with Crippen LogP contribution in [0, 0.1) is 12.8 Å². The quantitative estimate of drug-likeness (QED) is 0.534. The second-order valence-corrected chi connectivity index (χ2v) is 9.43. The van der Waals surface area contributed by atoms with Crippen molar-refractivity contribution in [2.24, 2.45) is 11.7 Å². The van der Waals surface area contributed by atoms with Crippen LogP contribution in [0.1, 0.15) is 49.2 Å². The molecule has 0 bridgehead atoms. The van der Waals surface area contributed by atoms with Gasteiger partial charge in [0.05, 0.1) is 5.69 Å². The SMILES string of the molecule is Cc1cc(-c2[nH]c3ccc(C4OC=C(C(N)=O)N4CC4CCNC4)cc3c2C(C)C)ccn1. The lowest BCUT2D eigenvalue weighted by molar-refractivity contribution is -0.116. The van der Waals surface area contributed by atoms with Crippen molar-refractivity contribution in [3.63, 3.8) is 0 Å². The number of nitrogens with one attached hydrogen (secondary N) is 2. The third-order valence-electron chi connectivity index (χ3n) is 6.68. The first-order chi connectivity index (χ1) is 15.9. The largest absolute Gasteiger partial charge is 0.471 e. The zero-order chi connectivity index (χ0) is 23.1. The number of ether oxygens (including phenoxy) is 1. The molecule has 0 saturated carbocycles. The maximum atomic E-state index is 12.1. The van der Waals surface area contributed by atoms with E-state index >= 15 is 0 Å². The molecule has 5 rings (SSSR count). The highest BCUT2D eigenvalue weighted by atomic mass is 16.5. The number of fused-ring (bicyclic) bond motifs is 1. The first kappa shape index (κ1) is 21.5. The number of nitrogens with zero attached hydrogens (tertiary/aromatic N) is 2. The smallest absolute Gasteiger partial charge is 0.268 e. The van der Waals surface area contributed by atoms with Crippen molar-refractivity contribution >= 4 is 16.8 Å². The second-order valence-electron chi connectivity index (χ2n) is 9.43. The molecule has 33 heavy (non-hydrogen) atoms. The highest BCUT2D eigenvalue weighted by Gasteiger charge is 2.34. The zero-order valence-corrected chi connectivity index (χ0v) is 19.4. The van der Waals surface area contributed by atoms with E-state index in [9.17, 15) is 4.79 Å². The average molecular weight is 446 g/mol. The Morgan fingerprint density at radius 3 is 2.85 bits per heavy atom. The van der Waals surface area contributed by atoms with E-state index in [1.54, 1.807) is 0 Å². The molecule has 0 spiro atoms. The van der Waals surface area contributed by atoms with Crippen molar-refractivity contribution < 1.29 is 9.53 Å². The fourth-order valence-electron chi connectivity index (χ4n) is 5.11. The zero-order valence-electron chi connectivity index (χ0n) is 19.4. The van der Waals surface area contributed by atoms with Gasteiger partial charge in [0.25, 0.3) is 5.91 Å². The Morgan fingerprint density at radius 2 is 2.15 bits per heavy atom. The number of aryl methyl sites for hydroxylation is 1. The Hall–Kier alpha value is -3.32. The lowest BCUT2D eigenvalue weighted by Gasteiger charge is -2.29. The number of aromatic amines is 1. The lowest BCUT2D eigenvalue weighted by Crippen LogP contribution is -2.35. The number of benzene rings is 1. The van der Waals surface area contributed by atoms with Crippen molar-refractivity contribution in [1.82, 2.24) is 20.2 Å². The average Bonchev–Trinajstić information content (AvgIpc) is 3.51. The van der Waals surface area contributed by atoms with E-state index in [2.05, 4.69) is 53.4 Å². The maximum Gasteiger partial charge on any atom is 0.268 e. The molecule has 2 aliphatic rings. The molecule has 4 N–H and O–H groups in total. The van der Waals surface area contributed by atoms with Crippen LogP contribution >= 0.6 is 0 Å². The van der Waals surface area contributed by atoms with E-state index in [0.717, 1.165) is 54.1 Å². The molecule has 7 heteroatoms. The van der Waals surface area contributed by atoms with Gasteiger partial charge in [-0.05, 0) is 68.1 Å². The van der Waals surface area contributed by atoms with Gasteiger partial charge in [-0.1, -0.05) is 19.9 Å². The summed E-state index contributed by atoms with van der Waals surface area (Å²) in [6.07, 6.45) is 4.09. The van der Waals surface area contributed by atoms with Gasteiger partial charge >= 0.3 is 0 Å². The Kier molecular flexibility index (Phi) is 5.58.